The van der Waals surface area contributed by atoms with Gasteiger partial charge in [0.2, 0.25) is 10.0 Å². The van der Waals surface area contributed by atoms with E-state index in [0.29, 0.717) is 12.3 Å². The summed E-state index contributed by atoms with van der Waals surface area (Å²) in [6.45, 7) is 2.06. The van der Waals surface area contributed by atoms with E-state index in [4.69, 9.17) is 4.18 Å². The summed E-state index contributed by atoms with van der Waals surface area (Å²) in [5.41, 5.74) is 0.995. The van der Waals surface area contributed by atoms with E-state index >= 15 is 0 Å². The summed E-state index contributed by atoms with van der Waals surface area (Å²) >= 11 is 0. The van der Waals surface area contributed by atoms with Gasteiger partial charge in [-0.2, -0.15) is 8.42 Å². The number of rotatable bonds is 7. The lowest BCUT2D eigenvalue weighted by Gasteiger charge is -2.33. The molecule has 142 valence electrons. The number of benzene rings is 1. The minimum Gasteiger partial charge on any atom is -0.266 e. The Bertz CT molecular complexity index is 764. The Hall–Kier alpha value is -0.960. The number of hydrogen-bond donors (Lipinski definition) is 0. The largest absolute Gasteiger partial charge is 0.296 e. The normalized spacial score (nSPS) is 22.2. The van der Waals surface area contributed by atoms with Gasteiger partial charge in [-0.15, -0.1) is 0 Å². The Balaban J connectivity index is 1.79. The molecule has 0 atom stereocenters. The number of hydrogen-bond acceptors (Lipinski definition) is 5. The first kappa shape index (κ1) is 20.4. The van der Waals surface area contributed by atoms with Gasteiger partial charge >= 0.3 is 0 Å². The van der Waals surface area contributed by atoms with Crippen molar-refractivity contribution in [2.24, 2.45) is 5.92 Å². The van der Waals surface area contributed by atoms with Gasteiger partial charge in [-0.05, 0) is 57.1 Å². The van der Waals surface area contributed by atoms with E-state index in [1.54, 1.807) is 31.3 Å². The fraction of sp³-hybridized carbons (Fsp3) is 0.647. The summed E-state index contributed by atoms with van der Waals surface area (Å²) in [6, 6.07) is 6.64. The summed E-state index contributed by atoms with van der Waals surface area (Å²) in [5.74, 6) is 0.373. The van der Waals surface area contributed by atoms with Gasteiger partial charge < -0.3 is 0 Å². The third kappa shape index (κ3) is 5.77. The molecule has 0 aliphatic heterocycles. The zero-order valence-corrected chi connectivity index (χ0v) is 16.6. The van der Waals surface area contributed by atoms with Crippen molar-refractivity contribution in [3.63, 3.8) is 0 Å². The van der Waals surface area contributed by atoms with Crippen molar-refractivity contribution >= 4 is 20.1 Å². The standard InChI is InChI=1S/C17H27NO5S2/c1-14-4-10-17(11-5-14)25(21,22)23-13-12-15-6-8-16(9-7-15)18(2)24(3,19)20/h4-5,10-11,15-16H,6-9,12-13H2,1-3H3. The summed E-state index contributed by atoms with van der Waals surface area (Å²) in [5, 5.41) is 0. The van der Waals surface area contributed by atoms with Gasteiger partial charge in [-0.1, -0.05) is 17.7 Å². The molecular formula is C17H27NO5S2. The van der Waals surface area contributed by atoms with Crippen LogP contribution >= 0.6 is 0 Å². The number of aryl methyl sites for hydroxylation is 1. The average Bonchev–Trinajstić information content (AvgIpc) is 2.54. The topological polar surface area (TPSA) is 80.8 Å². The highest BCUT2D eigenvalue weighted by Gasteiger charge is 2.28. The Morgan fingerprint density at radius 2 is 1.60 bits per heavy atom. The van der Waals surface area contributed by atoms with Crippen LogP contribution in [0.4, 0.5) is 0 Å². The van der Waals surface area contributed by atoms with Crippen molar-refractivity contribution in [1.82, 2.24) is 4.31 Å². The minimum atomic E-state index is -3.71. The maximum Gasteiger partial charge on any atom is 0.296 e. The van der Waals surface area contributed by atoms with Crippen LogP contribution in [-0.2, 0) is 24.3 Å². The quantitative estimate of drug-likeness (QED) is 0.670. The maximum atomic E-state index is 12.1. The van der Waals surface area contributed by atoms with E-state index in [1.807, 2.05) is 6.92 Å². The third-order valence-corrected chi connectivity index (χ3v) is 7.60. The van der Waals surface area contributed by atoms with Crippen LogP contribution in [-0.4, -0.2) is 47.1 Å². The van der Waals surface area contributed by atoms with Gasteiger partial charge in [-0.25, -0.2) is 12.7 Å². The fourth-order valence-corrected chi connectivity index (χ4v) is 4.84. The first-order valence-corrected chi connectivity index (χ1v) is 11.7. The van der Waals surface area contributed by atoms with Gasteiger partial charge in [0.25, 0.3) is 10.1 Å². The van der Waals surface area contributed by atoms with E-state index in [0.717, 1.165) is 31.2 Å². The minimum absolute atomic E-state index is 0.0449. The summed E-state index contributed by atoms with van der Waals surface area (Å²) in [6.07, 6.45) is 5.28. The van der Waals surface area contributed by atoms with Crippen molar-refractivity contribution in [1.29, 1.82) is 0 Å². The van der Waals surface area contributed by atoms with Crippen LogP contribution in [0.1, 0.15) is 37.7 Å². The molecular weight excluding hydrogens is 362 g/mol. The molecule has 6 nitrogen and oxygen atoms in total. The molecule has 0 bridgehead atoms. The van der Waals surface area contributed by atoms with Crippen molar-refractivity contribution in [2.75, 3.05) is 19.9 Å². The molecule has 0 saturated heterocycles. The maximum absolute atomic E-state index is 12.1. The monoisotopic (exact) mass is 389 g/mol. The molecule has 1 saturated carbocycles. The van der Waals surface area contributed by atoms with Gasteiger partial charge in [0.1, 0.15) is 0 Å². The van der Waals surface area contributed by atoms with E-state index in [1.165, 1.54) is 10.6 Å². The molecule has 0 aromatic heterocycles. The molecule has 0 N–H and O–H groups in total. The molecule has 0 unspecified atom stereocenters. The smallest absolute Gasteiger partial charge is 0.266 e. The zero-order valence-electron chi connectivity index (χ0n) is 15.0. The summed E-state index contributed by atoms with van der Waals surface area (Å²) in [4.78, 5) is 0.177. The van der Waals surface area contributed by atoms with E-state index in [-0.39, 0.29) is 17.5 Å². The summed E-state index contributed by atoms with van der Waals surface area (Å²) < 4.78 is 54.1. The molecule has 1 aliphatic rings. The lowest BCUT2D eigenvalue weighted by molar-refractivity contribution is 0.203. The summed E-state index contributed by atoms with van der Waals surface area (Å²) in [7, 11) is -5.25. The number of nitrogens with zero attached hydrogens (tertiary/aromatic N) is 1. The predicted octanol–water partition coefficient (Wildman–Crippen LogP) is 2.54. The lowest BCUT2D eigenvalue weighted by Crippen LogP contribution is -2.38. The molecule has 0 radical (unpaired) electrons. The van der Waals surface area contributed by atoms with Crippen molar-refractivity contribution < 1.29 is 21.0 Å². The highest BCUT2D eigenvalue weighted by atomic mass is 32.2. The van der Waals surface area contributed by atoms with Crippen LogP contribution in [0.15, 0.2) is 29.2 Å². The van der Waals surface area contributed by atoms with E-state index in [9.17, 15) is 16.8 Å². The molecule has 1 aromatic carbocycles. The van der Waals surface area contributed by atoms with Crippen molar-refractivity contribution in [2.45, 2.75) is 50.0 Å². The molecule has 8 heteroatoms. The zero-order chi connectivity index (χ0) is 18.7. The Morgan fingerprint density at radius 3 is 2.12 bits per heavy atom. The van der Waals surface area contributed by atoms with Crippen LogP contribution < -0.4 is 0 Å². The third-order valence-electron chi connectivity index (χ3n) is 4.93. The first-order valence-electron chi connectivity index (χ1n) is 8.48. The van der Waals surface area contributed by atoms with Crippen molar-refractivity contribution in [3.8, 4) is 0 Å². The van der Waals surface area contributed by atoms with Gasteiger partial charge in [0.15, 0.2) is 0 Å². The Morgan fingerprint density at radius 1 is 1.04 bits per heavy atom. The molecule has 0 amide bonds. The molecule has 2 rings (SSSR count). The Labute approximate surface area is 151 Å². The van der Waals surface area contributed by atoms with Crippen LogP contribution in [0.5, 0.6) is 0 Å². The molecule has 25 heavy (non-hydrogen) atoms. The SMILES string of the molecule is Cc1ccc(S(=O)(=O)OCCC2CCC(N(C)S(C)(=O)=O)CC2)cc1. The average molecular weight is 390 g/mol. The highest BCUT2D eigenvalue weighted by Crippen LogP contribution is 2.30. The van der Waals surface area contributed by atoms with Crippen LogP contribution in [0.2, 0.25) is 0 Å². The fourth-order valence-electron chi connectivity index (χ4n) is 3.17. The van der Waals surface area contributed by atoms with Crippen LogP contribution in [0, 0.1) is 12.8 Å². The predicted molar refractivity (Wildman–Crippen MR) is 97.3 cm³/mol. The van der Waals surface area contributed by atoms with Crippen LogP contribution in [0.25, 0.3) is 0 Å². The van der Waals surface area contributed by atoms with Crippen LogP contribution in [0.3, 0.4) is 0 Å². The van der Waals surface area contributed by atoms with E-state index in [2.05, 4.69) is 0 Å². The van der Waals surface area contributed by atoms with Crippen molar-refractivity contribution in [3.05, 3.63) is 29.8 Å². The molecule has 0 heterocycles. The van der Waals surface area contributed by atoms with Gasteiger partial charge in [-0.3, -0.25) is 4.18 Å². The first-order chi connectivity index (χ1) is 11.6. The molecule has 0 spiro atoms. The Kier molecular flexibility index (Phi) is 6.64. The molecule has 1 aliphatic carbocycles. The second-order valence-electron chi connectivity index (χ2n) is 6.83. The second kappa shape index (κ2) is 8.16. The van der Waals surface area contributed by atoms with Gasteiger partial charge in [0.05, 0.1) is 17.8 Å². The molecule has 1 aromatic rings. The lowest BCUT2D eigenvalue weighted by atomic mass is 9.84. The second-order valence-corrected chi connectivity index (χ2v) is 10.5. The number of sulfonamides is 1. The van der Waals surface area contributed by atoms with Gasteiger partial charge in [0, 0.05) is 13.1 Å². The van der Waals surface area contributed by atoms with E-state index < -0.39 is 20.1 Å². The highest BCUT2D eigenvalue weighted by molar-refractivity contribution is 7.88. The molecule has 1 fully saturated rings.